The zero-order chi connectivity index (χ0) is 24.1. The lowest BCUT2D eigenvalue weighted by Gasteiger charge is -2.33. The smallest absolute Gasteiger partial charge is 0.317 e. The van der Waals surface area contributed by atoms with E-state index in [1.54, 1.807) is 30.3 Å². The SMILES string of the molecule is NC(=O)c1cc(CN2CCN(CC(=O)O)CC2)cc(-c2ccc(Oc3ccc(F)cc3)cc2)n1. The van der Waals surface area contributed by atoms with Crippen molar-refractivity contribution in [1.82, 2.24) is 14.8 Å². The Kier molecular flexibility index (Phi) is 7.15. The molecule has 9 heteroatoms. The lowest BCUT2D eigenvalue weighted by Crippen LogP contribution is -2.47. The van der Waals surface area contributed by atoms with E-state index in [1.165, 1.54) is 12.1 Å². The number of piperazine rings is 1. The molecule has 2 aromatic carbocycles. The number of pyridine rings is 1. The molecule has 3 N–H and O–H groups in total. The molecule has 1 aromatic heterocycles. The van der Waals surface area contributed by atoms with Crippen LogP contribution >= 0.6 is 0 Å². The number of nitrogens with zero attached hydrogens (tertiary/aromatic N) is 3. The number of carbonyl (C=O) groups is 2. The molecular weight excluding hydrogens is 439 g/mol. The summed E-state index contributed by atoms with van der Waals surface area (Å²) < 4.78 is 18.8. The number of aromatic nitrogens is 1. The fourth-order valence-corrected chi connectivity index (χ4v) is 3.84. The highest BCUT2D eigenvalue weighted by Gasteiger charge is 2.19. The van der Waals surface area contributed by atoms with Gasteiger partial charge in [0.25, 0.3) is 5.91 Å². The number of aliphatic carboxylic acids is 1. The molecule has 1 amide bonds. The van der Waals surface area contributed by atoms with Crippen molar-refractivity contribution in [1.29, 1.82) is 0 Å². The molecule has 0 bridgehead atoms. The Bertz CT molecular complexity index is 1160. The number of carboxylic acids is 1. The lowest BCUT2D eigenvalue weighted by molar-refractivity contribution is -0.138. The Morgan fingerprint density at radius 1 is 0.941 bits per heavy atom. The summed E-state index contributed by atoms with van der Waals surface area (Å²) in [5, 5.41) is 8.96. The molecule has 0 unspecified atom stereocenters. The summed E-state index contributed by atoms with van der Waals surface area (Å²) >= 11 is 0. The van der Waals surface area contributed by atoms with Crippen molar-refractivity contribution in [2.45, 2.75) is 6.54 Å². The van der Waals surface area contributed by atoms with E-state index in [0.717, 1.165) is 24.2 Å². The van der Waals surface area contributed by atoms with Gasteiger partial charge in [0.05, 0.1) is 12.2 Å². The molecule has 0 atom stereocenters. The number of nitrogens with two attached hydrogens (primary N) is 1. The monoisotopic (exact) mass is 464 g/mol. The van der Waals surface area contributed by atoms with E-state index in [2.05, 4.69) is 9.88 Å². The van der Waals surface area contributed by atoms with Crippen LogP contribution in [0.15, 0.2) is 60.7 Å². The molecule has 1 aliphatic heterocycles. The highest BCUT2D eigenvalue weighted by atomic mass is 19.1. The van der Waals surface area contributed by atoms with Crippen molar-refractivity contribution in [2.24, 2.45) is 5.73 Å². The van der Waals surface area contributed by atoms with Crippen molar-refractivity contribution in [3.05, 3.63) is 77.7 Å². The summed E-state index contributed by atoms with van der Waals surface area (Å²) in [6.45, 7) is 3.44. The number of primary amides is 1. The van der Waals surface area contributed by atoms with E-state index in [4.69, 9.17) is 15.6 Å². The highest BCUT2D eigenvalue weighted by molar-refractivity contribution is 5.91. The van der Waals surface area contributed by atoms with E-state index in [-0.39, 0.29) is 18.1 Å². The van der Waals surface area contributed by atoms with Crippen LogP contribution in [0.4, 0.5) is 4.39 Å². The minimum absolute atomic E-state index is 0.0416. The maximum Gasteiger partial charge on any atom is 0.317 e. The van der Waals surface area contributed by atoms with Gasteiger partial charge in [-0.1, -0.05) is 0 Å². The summed E-state index contributed by atoms with van der Waals surface area (Å²) in [5.74, 6) is -0.659. The van der Waals surface area contributed by atoms with E-state index >= 15 is 0 Å². The average molecular weight is 464 g/mol. The molecule has 8 nitrogen and oxygen atoms in total. The maximum absolute atomic E-state index is 13.1. The van der Waals surface area contributed by atoms with Gasteiger partial charge in [0.15, 0.2) is 0 Å². The van der Waals surface area contributed by atoms with Gasteiger partial charge in [-0.3, -0.25) is 19.4 Å². The fourth-order valence-electron chi connectivity index (χ4n) is 3.84. The molecule has 0 radical (unpaired) electrons. The Balaban J connectivity index is 1.48. The second kappa shape index (κ2) is 10.4. The molecule has 0 aliphatic carbocycles. The molecule has 0 spiro atoms. The van der Waals surface area contributed by atoms with Gasteiger partial charge in [-0.05, 0) is 66.2 Å². The topological polar surface area (TPSA) is 109 Å². The minimum Gasteiger partial charge on any atom is -0.480 e. The van der Waals surface area contributed by atoms with Crippen LogP contribution in [0.1, 0.15) is 16.1 Å². The zero-order valence-corrected chi connectivity index (χ0v) is 18.5. The number of carbonyl (C=O) groups excluding carboxylic acids is 1. The van der Waals surface area contributed by atoms with Crippen molar-refractivity contribution < 1.29 is 23.8 Å². The number of ether oxygens (including phenoxy) is 1. The maximum atomic E-state index is 13.1. The summed E-state index contributed by atoms with van der Waals surface area (Å²) in [6.07, 6.45) is 0. The quantitative estimate of drug-likeness (QED) is 0.528. The van der Waals surface area contributed by atoms with Crippen LogP contribution < -0.4 is 10.5 Å². The first-order valence-corrected chi connectivity index (χ1v) is 10.9. The van der Waals surface area contributed by atoms with E-state index in [1.807, 2.05) is 23.1 Å². The van der Waals surface area contributed by atoms with Crippen LogP contribution in [-0.2, 0) is 11.3 Å². The van der Waals surface area contributed by atoms with Gasteiger partial charge < -0.3 is 15.6 Å². The Morgan fingerprint density at radius 3 is 2.12 bits per heavy atom. The molecule has 1 saturated heterocycles. The summed E-state index contributed by atoms with van der Waals surface area (Å²) in [5.41, 5.74) is 8.02. The third-order valence-electron chi connectivity index (χ3n) is 5.57. The number of halogens is 1. The van der Waals surface area contributed by atoms with Crippen LogP contribution in [0.2, 0.25) is 0 Å². The largest absolute Gasteiger partial charge is 0.480 e. The van der Waals surface area contributed by atoms with Gasteiger partial charge in [-0.15, -0.1) is 0 Å². The first-order valence-electron chi connectivity index (χ1n) is 10.9. The normalized spacial score (nSPS) is 14.6. The molecule has 34 heavy (non-hydrogen) atoms. The summed E-state index contributed by atoms with van der Waals surface area (Å²) in [6, 6.07) is 16.6. The number of benzene rings is 2. The van der Waals surface area contributed by atoms with Crippen LogP contribution in [0.5, 0.6) is 11.5 Å². The average Bonchev–Trinajstić information content (AvgIpc) is 2.82. The van der Waals surface area contributed by atoms with Gasteiger partial charge in [-0.2, -0.15) is 0 Å². The Morgan fingerprint density at radius 2 is 1.53 bits per heavy atom. The summed E-state index contributed by atoms with van der Waals surface area (Å²) in [4.78, 5) is 31.3. The van der Waals surface area contributed by atoms with E-state index < -0.39 is 11.9 Å². The van der Waals surface area contributed by atoms with E-state index in [9.17, 15) is 14.0 Å². The minimum atomic E-state index is -0.826. The van der Waals surface area contributed by atoms with Crippen LogP contribution in [0.3, 0.4) is 0 Å². The second-order valence-corrected chi connectivity index (χ2v) is 8.14. The van der Waals surface area contributed by atoms with Gasteiger partial charge in [-0.25, -0.2) is 9.37 Å². The third-order valence-corrected chi connectivity index (χ3v) is 5.57. The molecule has 1 aliphatic rings. The van der Waals surface area contributed by atoms with Crippen LogP contribution in [0.25, 0.3) is 11.3 Å². The van der Waals surface area contributed by atoms with Gasteiger partial charge >= 0.3 is 5.97 Å². The Labute approximate surface area is 196 Å². The van der Waals surface area contributed by atoms with Crippen molar-refractivity contribution in [3.8, 4) is 22.8 Å². The van der Waals surface area contributed by atoms with Crippen LogP contribution in [0, 0.1) is 5.82 Å². The predicted molar refractivity (Wildman–Crippen MR) is 124 cm³/mol. The van der Waals surface area contributed by atoms with E-state index in [0.29, 0.717) is 36.8 Å². The molecular formula is C25H25FN4O4. The molecule has 4 rings (SSSR count). The number of rotatable bonds is 8. The molecule has 2 heterocycles. The number of carboxylic acid groups (broad SMARTS) is 1. The van der Waals surface area contributed by atoms with Crippen molar-refractivity contribution in [3.63, 3.8) is 0 Å². The summed E-state index contributed by atoms with van der Waals surface area (Å²) in [7, 11) is 0. The van der Waals surface area contributed by atoms with Gasteiger partial charge in [0.2, 0.25) is 0 Å². The molecule has 176 valence electrons. The zero-order valence-electron chi connectivity index (χ0n) is 18.5. The third kappa shape index (κ3) is 6.15. The molecule has 0 saturated carbocycles. The first-order chi connectivity index (χ1) is 16.4. The molecule has 1 fully saturated rings. The Hall–Kier alpha value is -3.82. The number of hydrogen-bond acceptors (Lipinski definition) is 6. The van der Waals surface area contributed by atoms with Crippen LogP contribution in [-0.4, -0.2) is 64.5 Å². The van der Waals surface area contributed by atoms with Crippen molar-refractivity contribution >= 4 is 11.9 Å². The molecule has 3 aromatic rings. The fraction of sp³-hybridized carbons (Fsp3) is 0.240. The predicted octanol–water partition coefficient (Wildman–Crippen LogP) is 2.98. The standard InChI is InChI=1S/C25H25FN4O4/c26-19-3-7-21(8-4-19)34-20-5-1-18(2-6-20)22-13-17(14-23(28-22)25(27)33)15-29-9-11-30(12-10-29)16-24(31)32/h1-8,13-14H,9-12,15-16H2,(H2,27,33)(H,31,32). The van der Waals surface area contributed by atoms with Gasteiger partial charge in [0.1, 0.15) is 23.0 Å². The highest BCUT2D eigenvalue weighted by Crippen LogP contribution is 2.26. The lowest BCUT2D eigenvalue weighted by atomic mass is 10.1. The number of hydrogen-bond donors (Lipinski definition) is 2. The van der Waals surface area contributed by atoms with Crippen molar-refractivity contribution in [2.75, 3.05) is 32.7 Å². The van der Waals surface area contributed by atoms with Gasteiger partial charge in [0, 0.05) is 38.3 Å². The first kappa shape index (κ1) is 23.3. The second-order valence-electron chi connectivity index (χ2n) is 8.14. The number of amides is 1.